The molecule has 3 aromatic carbocycles. The van der Waals surface area contributed by atoms with Gasteiger partial charge in [-0.05, 0) is 138 Å². The molecule has 9 rings (SSSR count). The maximum atomic E-state index is 12.0. The topological polar surface area (TPSA) is 20.2 Å². The summed E-state index contributed by atoms with van der Waals surface area (Å²) >= 11 is 1.11. The largest absolute Gasteiger partial charge is 0.329 e. The summed E-state index contributed by atoms with van der Waals surface area (Å²) < 4.78 is 11.4. The third-order valence-corrected chi connectivity index (χ3v) is 15.2. The third-order valence-electron chi connectivity index (χ3n) is 14.3. The summed E-state index contributed by atoms with van der Waals surface area (Å²) in [5.41, 5.74) is 18.1. The average Bonchev–Trinajstić information content (AvgIpc) is 2.98. The predicted octanol–water partition coefficient (Wildman–Crippen LogP) is 12.0. The van der Waals surface area contributed by atoms with E-state index < -0.39 is 4.75 Å². The minimum atomic E-state index is -0.652. The summed E-state index contributed by atoms with van der Waals surface area (Å²) in [6.45, 7) is 29.4. The molecule has 0 atom stereocenters. The van der Waals surface area contributed by atoms with Gasteiger partial charge in [-0.15, -0.1) is 0 Å². The van der Waals surface area contributed by atoms with Crippen LogP contribution in [-0.4, -0.2) is 4.55 Å². The number of hydrogen-bond donors (Lipinski definition) is 1. The molecule has 0 saturated carbocycles. The highest BCUT2D eigenvalue weighted by atomic mass is 32.2. The fraction of sp³-hybridized carbons (Fsp3) is 0.591. The Balaban J connectivity index is 1.53. The van der Waals surface area contributed by atoms with Crippen molar-refractivity contribution < 1.29 is 4.55 Å². The molecule has 0 amide bonds. The van der Waals surface area contributed by atoms with E-state index in [0.29, 0.717) is 0 Å². The van der Waals surface area contributed by atoms with E-state index in [4.69, 9.17) is 0 Å². The molecule has 0 fully saturated rings. The molecule has 0 aliphatic heterocycles. The van der Waals surface area contributed by atoms with E-state index >= 15 is 0 Å². The average molecular weight is 633 g/mol. The Morgan fingerprint density at radius 1 is 0.391 bits per heavy atom. The van der Waals surface area contributed by atoms with Crippen LogP contribution in [0.3, 0.4) is 0 Å². The molecule has 0 radical (unpaired) electrons. The molecule has 1 N–H and O–H groups in total. The molecule has 6 aliphatic carbocycles. The van der Waals surface area contributed by atoms with E-state index in [1.165, 1.54) is 105 Å². The molecule has 244 valence electrons. The van der Waals surface area contributed by atoms with Crippen molar-refractivity contribution in [3.8, 4) is 0 Å². The van der Waals surface area contributed by atoms with Crippen molar-refractivity contribution in [3.63, 3.8) is 0 Å². The van der Waals surface area contributed by atoms with Crippen molar-refractivity contribution in [1.29, 1.82) is 0 Å². The Hall–Kier alpha value is -2.03. The van der Waals surface area contributed by atoms with Gasteiger partial charge in [0.1, 0.15) is 4.75 Å². The second-order valence-corrected chi connectivity index (χ2v) is 20.8. The summed E-state index contributed by atoms with van der Waals surface area (Å²) in [6.07, 6.45) is 7.19. The highest BCUT2D eigenvalue weighted by Crippen LogP contribution is 2.67. The number of rotatable bonds is 1. The van der Waals surface area contributed by atoms with Gasteiger partial charge < -0.3 is 4.55 Å². The van der Waals surface area contributed by atoms with Crippen LogP contribution in [0.5, 0.6) is 0 Å². The number of benzene rings is 3. The van der Waals surface area contributed by atoms with Crippen molar-refractivity contribution in [3.05, 3.63) is 103 Å². The Bertz CT molecular complexity index is 1630. The minimum Gasteiger partial charge on any atom is -0.329 e. The normalized spacial score (nSPS) is 29.0. The SMILES string of the molecule is CC1(C)CCC(C)(C)c2cc3c(cc21)C1c2cc4c(cc2C3(SO)c2cc3c(cc21)C(C)(C)CCC3(C)C)C(C)(C)CCC4(C)C. The zero-order chi connectivity index (χ0) is 33.2. The minimum absolute atomic E-state index is 0.104. The number of hydrogen-bond acceptors (Lipinski definition) is 2. The van der Waals surface area contributed by atoms with Gasteiger partial charge in [0.05, 0.1) is 0 Å². The molecule has 0 heterocycles. The summed E-state index contributed by atoms with van der Waals surface area (Å²) in [7, 11) is 0. The summed E-state index contributed by atoms with van der Waals surface area (Å²) in [4.78, 5) is 0. The van der Waals surface area contributed by atoms with Gasteiger partial charge in [0.25, 0.3) is 0 Å². The first-order valence-electron chi connectivity index (χ1n) is 18.1. The summed E-state index contributed by atoms with van der Waals surface area (Å²) in [5, 5.41) is 0. The van der Waals surface area contributed by atoms with Gasteiger partial charge in [0, 0.05) is 18.0 Å². The molecule has 0 unspecified atom stereocenters. The Morgan fingerprint density at radius 2 is 0.609 bits per heavy atom. The van der Waals surface area contributed by atoms with Crippen LogP contribution in [0.1, 0.15) is 194 Å². The van der Waals surface area contributed by atoms with Gasteiger partial charge in [-0.25, -0.2) is 0 Å². The smallest absolute Gasteiger partial charge is 0.118 e. The lowest BCUT2D eigenvalue weighted by Gasteiger charge is -2.54. The zero-order valence-corrected chi connectivity index (χ0v) is 31.5. The van der Waals surface area contributed by atoms with Crippen molar-refractivity contribution in [2.45, 2.75) is 165 Å². The molecule has 0 spiro atoms. The van der Waals surface area contributed by atoms with Crippen LogP contribution < -0.4 is 0 Å². The monoisotopic (exact) mass is 632 g/mol. The molecular weight excluding hydrogens is 577 g/mol. The van der Waals surface area contributed by atoms with Crippen LogP contribution in [0.2, 0.25) is 0 Å². The maximum Gasteiger partial charge on any atom is 0.118 e. The molecule has 2 bridgehead atoms. The molecule has 0 saturated heterocycles. The van der Waals surface area contributed by atoms with Crippen molar-refractivity contribution in [2.75, 3.05) is 0 Å². The summed E-state index contributed by atoms with van der Waals surface area (Å²) in [6, 6.07) is 15.6. The van der Waals surface area contributed by atoms with Crippen LogP contribution in [-0.2, 0) is 37.2 Å². The van der Waals surface area contributed by atoms with Crippen LogP contribution >= 0.6 is 12.0 Å². The standard InChI is InChI=1S/C44H56OS/c1-38(2)13-16-41(7,8)34-22-28-25(19-31(34)38)37-26-20-32-35(42(9,10)17-14-39(32,3)4)23-29(26)44(28,46-45)30-24-36-33(21-27(30)37)40(5,6)15-18-43(36,11)12/h19-24,37,45H,13-18H2,1-12H3. The Kier molecular flexibility index (Phi) is 6.08. The van der Waals surface area contributed by atoms with Gasteiger partial charge in [0.2, 0.25) is 0 Å². The van der Waals surface area contributed by atoms with Crippen molar-refractivity contribution in [1.82, 2.24) is 0 Å². The van der Waals surface area contributed by atoms with E-state index in [-0.39, 0.29) is 38.4 Å². The molecule has 6 aliphatic rings. The Labute approximate surface area is 283 Å². The second kappa shape index (κ2) is 8.95. The molecule has 1 nitrogen and oxygen atoms in total. The van der Waals surface area contributed by atoms with E-state index in [2.05, 4.69) is 119 Å². The molecule has 2 heteroatoms. The fourth-order valence-corrected chi connectivity index (χ4v) is 11.4. The lowest BCUT2D eigenvalue weighted by molar-refractivity contribution is 0.328. The van der Waals surface area contributed by atoms with Crippen LogP contribution in [0, 0.1) is 0 Å². The van der Waals surface area contributed by atoms with Gasteiger partial charge >= 0.3 is 0 Å². The molecule has 0 aromatic heterocycles. The molecule has 46 heavy (non-hydrogen) atoms. The van der Waals surface area contributed by atoms with E-state index in [1.807, 2.05) is 0 Å². The highest BCUT2D eigenvalue weighted by molar-refractivity contribution is 7.95. The van der Waals surface area contributed by atoms with E-state index in [1.54, 1.807) is 0 Å². The van der Waals surface area contributed by atoms with Gasteiger partial charge in [-0.1, -0.05) is 119 Å². The van der Waals surface area contributed by atoms with Gasteiger partial charge in [-0.3, -0.25) is 0 Å². The maximum absolute atomic E-state index is 12.0. The highest BCUT2D eigenvalue weighted by Gasteiger charge is 2.56. The molecular formula is C44H56OS. The third kappa shape index (κ3) is 3.81. The quantitative estimate of drug-likeness (QED) is 0.269. The van der Waals surface area contributed by atoms with Crippen molar-refractivity contribution >= 4 is 12.0 Å². The van der Waals surface area contributed by atoms with Crippen molar-refractivity contribution in [2.24, 2.45) is 0 Å². The van der Waals surface area contributed by atoms with Crippen LogP contribution in [0.4, 0.5) is 0 Å². The first-order valence-corrected chi connectivity index (χ1v) is 18.9. The number of fused-ring (bicyclic) bond motifs is 3. The second-order valence-electron chi connectivity index (χ2n) is 20.0. The first kappa shape index (κ1) is 31.3. The van der Waals surface area contributed by atoms with Crippen LogP contribution in [0.15, 0.2) is 36.4 Å². The van der Waals surface area contributed by atoms with Gasteiger partial charge in [0.15, 0.2) is 0 Å². The van der Waals surface area contributed by atoms with E-state index in [0.717, 1.165) is 12.0 Å². The lowest BCUT2D eigenvalue weighted by Crippen LogP contribution is -2.44. The van der Waals surface area contributed by atoms with Crippen LogP contribution in [0.25, 0.3) is 0 Å². The zero-order valence-electron chi connectivity index (χ0n) is 30.6. The van der Waals surface area contributed by atoms with E-state index in [9.17, 15) is 4.55 Å². The fourth-order valence-electron chi connectivity index (χ4n) is 10.6. The predicted molar refractivity (Wildman–Crippen MR) is 196 cm³/mol. The lowest BCUT2D eigenvalue weighted by atomic mass is 9.53. The Morgan fingerprint density at radius 3 is 0.826 bits per heavy atom. The molecule has 3 aromatic rings. The summed E-state index contributed by atoms with van der Waals surface area (Å²) in [5.74, 6) is 0.178. The van der Waals surface area contributed by atoms with Gasteiger partial charge in [-0.2, -0.15) is 0 Å². The first-order chi connectivity index (χ1) is 21.2.